The standard InChI is InChI=1S/C27H33ClFN7O4/c1-6-27(2,37)17-11-19(29)18(28)12-20(17)31-25-7-9-30-26(33-25)32-21-13-23(36(38)39)22(14-24(21)40-5)35-10-8-16(15-35)34(3)4/h7,9,11-14,16,37H,6,8,10,15H2,1-5H3,(H2,30,31,32,33)/t16-,27?/m1/s1. The first kappa shape index (κ1) is 29.2. The highest BCUT2D eigenvalue weighted by atomic mass is 35.5. The molecule has 214 valence electrons. The van der Waals surface area contributed by atoms with Crippen molar-refractivity contribution < 1.29 is 19.2 Å². The molecule has 4 rings (SSSR count). The van der Waals surface area contributed by atoms with Gasteiger partial charge in [-0.2, -0.15) is 4.98 Å². The lowest BCUT2D eigenvalue weighted by molar-refractivity contribution is -0.384. The molecule has 40 heavy (non-hydrogen) atoms. The first-order valence-electron chi connectivity index (χ1n) is 12.8. The molecule has 13 heteroatoms. The summed E-state index contributed by atoms with van der Waals surface area (Å²) in [6.07, 6.45) is 2.72. The van der Waals surface area contributed by atoms with Crippen molar-refractivity contribution in [2.75, 3.05) is 49.8 Å². The smallest absolute Gasteiger partial charge is 0.294 e. The summed E-state index contributed by atoms with van der Waals surface area (Å²) < 4.78 is 19.8. The molecule has 1 aliphatic rings. The van der Waals surface area contributed by atoms with Crippen LogP contribution < -0.4 is 20.3 Å². The molecule has 0 saturated carbocycles. The Morgan fingerprint density at radius 3 is 2.67 bits per heavy atom. The highest BCUT2D eigenvalue weighted by molar-refractivity contribution is 6.31. The summed E-state index contributed by atoms with van der Waals surface area (Å²) in [5.41, 5.74) is 0.107. The molecule has 2 aromatic carbocycles. The van der Waals surface area contributed by atoms with Crippen LogP contribution in [-0.2, 0) is 5.60 Å². The van der Waals surface area contributed by atoms with E-state index in [1.807, 2.05) is 19.0 Å². The number of anilines is 5. The minimum atomic E-state index is -1.32. The molecule has 3 aromatic rings. The Hall–Kier alpha value is -3.74. The summed E-state index contributed by atoms with van der Waals surface area (Å²) in [6, 6.07) is 7.53. The number of hydrogen-bond acceptors (Lipinski definition) is 10. The number of methoxy groups -OCH3 is 1. The largest absolute Gasteiger partial charge is 0.494 e. The summed E-state index contributed by atoms with van der Waals surface area (Å²) in [4.78, 5) is 24.4. The van der Waals surface area contributed by atoms with E-state index in [0.717, 1.165) is 6.42 Å². The van der Waals surface area contributed by atoms with Gasteiger partial charge in [-0.3, -0.25) is 10.1 Å². The van der Waals surface area contributed by atoms with Crippen LogP contribution in [0.5, 0.6) is 5.75 Å². The van der Waals surface area contributed by atoms with Gasteiger partial charge in [0.1, 0.15) is 23.1 Å². The summed E-state index contributed by atoms with van der Waals surface area (Å²) >= 11 is 6.02. The van der Waals surface area contributed by atoms with E-state index >= 15 is 0 Å². The van der Waals surface area contributed by atoms with Gasteiger partial charge in [-0.15, -0.1) is 0 Å². The molecule has 0 bridgehead atoms. The molecule has 0 spiro atoms. The van der Waals surface area contributed by atoms with Gasteiger partial charge in [0.25, 0.3) is 5.69 Å². The van der Waals surface area contributed by atoms with Crippen LogP contribution in [0.25, 0.3) is 0 Å². The summed E-state index contributed by atoms with van der Waals surface area (Å²) in [6.45, 7) is 4.72. The van der Waals surface area contributed by atoms with E-state index in [4.69, 9.17) is 16.3 Å². The zero-order valence-corrected chi connectivity index (χ0v) is 23.8. The SMILES string of the molecule is CCC(C)(O)c1cc(F)c(Cl)cc1Nc1ccnc(Nc2cc([N+](=O)[O-])c(N3CC[C@@H](N(C)C)C3)cc2OC)n1. The fourth-order valence-electron chi connectivity index (χ4n) is 4.64. The molecule has 11 nitrogen and oxygen atoms in total. The van der Waals surface area contributed by atoms with Gasteiger partial charge in [0.2, 0.25) is 5.95 Å². The van der Waals surface area contributed by atoms with Crippen molar-refractivity contribution in [3.63, 3.8) is 0 Å². The van der Waals surface area contributed by atoms with Crippen LogP contribution in [0.3, 0.4) is 0 Å². The van der Waals surface area contributed by atoms with Gasteiger partial charge >= 0.3 is 0 Å². The van der Waals surface area contributed by atoms with Crippen molar-refractivity contribution in [3.8, 4) is 5.75 Å². The number of rotatable bonds is 10. The maximum atomic E-state index is 14.2. The highest BCUT2D eigenvalue weighted by Crippen LogP contribution is 2.41. The van der Waals surface area contributed by atoms with E-state index in [1.165, 1.54) is 31.5 Å². The molecule has 1 saturated heterocycles. The lowest BCUT2D eigenvalue weighted by Gasteiger charge is -2.25. The number of nitro groups is 1. The van der Waals surface area contributed by atoms with E-state index in [-0.39, 0.29) is 16.7 Å². The number of halogens is 2. The third-order valence-corrected chi connectivity index (χ3v) is 7.51. The molecule has 0 amide bonds. The second-order valence-electron chi connectivity index (χ2n) is 10.1. The van der Waals surface area contributed by atoms with Gasteiger partial charge < -0.3 is 30.3 Å². The van der Waals surface area contributed by atoms with Gasteiger partial charge in [-0.25, -0.2) is 9.37 Å². The maximum absolute atomic E-state index is 14.2. The number of nitrogens with zero attached hydrogens (tertiary/aromatic N) is 5. The molecular weight excluding hydrogens is 541 g/mol. The highest BCUT2D eigenvalue weighted by Gasteiger charge is 2.31. The van der Waals surface area contributed by atoms with Crippen molar-refractivity contribution in [2.45, 2.75) is 38.3 Å². The third-order valence-electron chi connectivity index (χ3n) is 7.22. The molecule has 2 atom stereocenters. The van der Waals surface area contributed by atoms with E-state index in [2.05, 4.69) is 25.5 Å². The third kappa shape index (κ3) is 6.19. The summed E-state index contributed by atoms with van der Waals surface area (Å²) in [5, 5.41) is 28.8. The monoisotopic (exact) mass is 573 g/mol. The predicted molar refractivity (Wildman–Crippen MR) is 154 cm³/mol. The molecule has 3 N–H and O–H groups in total. The van der Waals surface area contributed by atoms with Gasteiger partial charge in [0.05, 0.1) is 28.3 Å². The van der Waals surface area contributed by atoms with E-state index in [1.54, 1.807) is 26.0 Å². The predicted octanol–water partition coefficient (Wildman–Crippen LogP) is 5.43. The van der Waals surface area contributed by atoms with Crippen LogP contribution in [0.15, 0.2) is 36.5 Å². The number of ether oxygens (including phenoxy) is 1. The van der Waals surface area contributed by atoms with Crippen molar-refractivity contribution >= 4 is 46.1 Å². The first-order valence-corrected chi connectivity index (χ1v) is 13.2. The van der Waals surface area contributed by atoms with Crippen LogP contribution in [0.4, 0.5) is 38.9 Å². The van der Waals surface area contributed by atoms with Crippen molar-refractivity contribution in [1.82, 2.24) is 14.9 Å². The number of hydrogen-bond donors (Lipinski definition) is 3. The number of aromatic nitrogens is 2. The number of nitrogens with one attached hydrogen (secondary N) is 2. The number of aliphatic hydroxyl groups is 1. The first-order chi connectivity index (χ1) is 18.9. The zero-order chi connectivity index (χ0) is 29.2. The molecular formula is C27H33ClFN7O4. The Morgan fingerprint density at radius 1 is 1.30 bits per heavy atom. The Bertz CT molecular complexity index is 1410. The summed E-state index contributed by atoms with van der Waals surface area (Å²) in [7, 11) is 5.48. The number of benzene rings is 2. The van der Waals surface area contributed by atoms with E-state index < -0.39 is 16.3 Å². The number of likely N-dealkylation sites (N-methyl/N-ethyl adjacent to an activating group) is 1. The molecule has 0 aliphatic carbocycles. The lowest BCUT2D eigenvalue weighted by atomic mass is 9.91. The van der Waals surface area contributed by atoms with Gasteiger partial charge in [0.15, 0.2) is 0 Å². The van der Waals surface area contributed by atoms with Gasteiger partial charge in [-0.05, 0) is 52.1 Å². The molecule has 1 fully saturated rings. The molecule has 0 radical (unpaired) electrons. The quantitative estimate of drug-likeness (QED) is 0.213. The van der Waals surface area contributed by atoms with Gasteiger partial charge in [0, 0.05) is 48.7 Å². The van der Waals surface area contributed by atoms with Crippen LogP contribution in [0, 0.1) is 15.9 Å². The average Bonchev–Trinajstić information content (AvgIpc) is 3.41. The van der Waals surface area contributed by atoms with Crippen LogP contribution in [-0.4, -0.2) is 65.2 Å². The normalized spacial score (nSPS) is 16.6. The fraction of sp³-hybridized carbons (Fsp3) is 0.407. The molecule has 1 aliphatic heterocycles. The van der Waals surface area contributed by atoms with Crippen molar-refractivity contribution in [2.24, 2.45) is 0 Å². The second-order valence-corrected chi connectivity index (χ2v) is 10.5. The van der Waals surface area contributed by atoms with Crippen molar-refractivity contribution in [1.29, 1.82) is 0 Å². The summed E-state index contributed by atoms with van der Waals surface area (Å²) in [5.74, 6) is 0.202. The Labute approximate surface area is 237 Å². The Kier molecular flexibility index (Phi) is 8.62. The minimum absolute atomic E-state index is 0.0654. The molecule has 2 heterocycles. The molecule has 1 aromatic heterocycles. The average molecular weight is 574 g/mol. The lowest BCUT2D eigenvalue weighted by Crippen LogP contribution is -2.31. The topological polar surface area (TPSA) is 129 Å². The minimum Gasteiger partial charge on any atom is -0.494 e. The van der Waals surface area contributed by atoms with Crippen LogP contribution in [0.1, 0.15) is 32.3 Å². The van der Waals surface area contributed by atoms with E-state index in [0.29, 0.717) is 59.7 Å². The van der Waals surface area contributed by atoms with E-state index in [9.17, 15) is 19.6 Å². The van der Waals surface area contributed by atoms with Crippen LogP contribution in [0.2, 0.25) is 5.02 Å². The second kappa shape index (κ2) is 11.8. The number of nitro benzene ring substituents is 1. The van der Waals surface area contributed by atoms with Crippen LogP contribution >= 0.6 is 11.6 Å². The van der Waals surface area contributed by atoms with Crippen molar-refractivity contribution in [3.05, 3.63) is 63.0 Å². The fourth-order valence-corrected chi connectivity index (χ4v) is 4.80. The maximum Gasteiger partial charge on any atom is 0.294 e. The van der Waals surface area contributed by atoms with Gasteiger partial charge in [-0.1, -0.05) is 18.5 Å². The Morgan fingerprint density at radius 2 is 2.05 bits per heavy atom. The molecule has 1 unspecified atom stereocenters. The zero-order valence-electron chi connectivity index (χ0n) is 23.0. The Balaban J connectivity index is 1.65.